The number of carbonyl (C=O) groups is 2. The number of hydrogen-bond acceptors (Lipinski definition) is 8. The molecule has 2 atom stereocenters. The van der Waals surface area contributed by atoms with Crippen LogP contribution in [0.5, 0.6) is 0 Å². The zero-order chi connectivity index (χ0) is 47.1. The molecular formula is C54H100NO8P. The summed E-state index contributed by atoms with van der Waals surface area (Å²) in [6.45, 7) is 4.20. The van der Waals surface area contributed by atoms with Gasteiger partial charge in [-0.3, -0.25) is 14.2 Å². The van der Waals surface area contributed by atoms with Gasteiger partial charge in [-0.2, -0.15) is 0 Å². The number of unbranched alkanes of at least 4 members (excludes halogenated alkanes) is 26. The molecule has 0 fully saturated rings. The molecule has 0 bridgehead atoms. The highest BCUT2D eigenvalue weighted by molar-refractivity contribution is 7.45. The highest BCUT2D eigenvalue weighted by Crippen LogP contribution is 2.38. The highest BCUT2D eigenvalue weighted by Gasteiger charge is 2.21. The third kappa shape index (κ3) is 49.4. The third-order valence-electron chi connectivity index (χ3n) is 11.4. The number of likely N-dealkylation sites (N-methyl/N-ethyl adjacent to an activating group) is 1. The van der Waals surface area contributed by atoms with Crippen LogP contribution in [0.1, 0.15) is 232 Å². The molecular weight excluding hydrogens is 822 g/mol. The SMILES string of the molecule is CCCCCCCCC/C=C/C/C=C/C/C=C/C/C=C/CCCC(=O)OC[C@H](COP(=O)([O-])OCC[N+](C)(C)C)OC(=O)CCCCCCCCCCCCCCCCCCCCC. The first-order valence-corrected chi connectivity index (χ1v) is 27.8. The number of esters is 2. The van der Waals surface area contributed by atoms with Crippen molar-refractivity contribution in [2.75, 3.05) is 47.5 Å². The van der Waals surface area contributed by atoms with Crippen LogP contribution in [0.2, 0.25) is 0 Å². The van der Waals surface area contributed by atoms with Crippen LogP contribution in [0.15, 0.2) is 48.6 Å². The number of ether oxygens (including phenoxy) is 2. The van der Waals surface area contributed by atoms with E-state index in [2.05, 4.69) is 62.5 Å². The average Bonchev–Trinajstić information content (AvgIpc) is 3.25. The molecule has 374 valence electrons. The van der Waals surface area contributed by atoms with Crippen LogP contribution in [0.25, 0.3) is 0 Å². The van der Waals surface area contributed by atoms with E-state index in [1.54, 1.807) is 0 Å². The summed E-state index contributed by atoms with van der Waals surface area (Å²) in [5.41, 5.74) is 0. The minimum Gasteiger partial charge on any atom is -0.756 e. The summed E-state index contributed by atoms with van der Waals surface area (Å²) < 4.78 is 34.0. The van der Waals surface area contributed by atoms with E-state index in [0.29, 0.717) is 23.9 Å². The molecule has 0 aliphatic heterocycles. The van der Waals surface area contributed by atoms with Crippen molar-refractivity contribution in [3.8, 4) is 0 Å². The quantitative estimate of drug-likeness (QED) is 0.0195. The number of phosphoric ester groups is 1. The predicted octanol–water partition coefficient (Wildman–Crippen LogP) is 15.2. The van der Waals surface area contributed by atoms with Crippen LogP contribution in [0.4, 0.5) is 0 Å². The number of quaternary nitrogens is 1. The summed E-state index contributed by atoms with van der Waals surface area (Å²) in [5.74, 6) is -0.892. The smallest absolute Gasteiger partial charge is 0.306 e. The van der Waals surface area contributed by atoms with E-state index in [1.165, 1.54) is 148 Å². The predicted molar refractivity (Wildman–Crippen MR) is 268 cm³/mol. The first-order chi connectivity index (χ1) is 31.0. The van der Waals surface area contributed by atoms with Crippen molar-refractivity contribution in [1.82, 2.24) is 0 Å². The van der Waals surface area contributed by atoms with Gasteiger partial charge in [0, 0.05) is 12.8 Å². The lowest BCUT2D eigenvalue weighted by Gasteiger charge is -2.28. The van der Waals surface area contributed by atoms with Gasteiger partial charge in [-0.15, -0.1) is 0 Å². The second-order valence-corrected chi connectivity index (χ2v) is 20.3. The van der Waals surface area contributed by atoms with Crippen molar-refractivity contribution in [2.24, 2.45) is 0 Å². The molecule has 0 aromatic rings. The molecule has 0 N–H and O–H groups in total. The lowest BCUT2D eigenvalue weighted by atomic mass is 10.0. The number of allylic oxidation sites excluding steroid dienone is 8. The summed E-state index contributed by atoms with van der Waals surface area (Å²) in [4.78, 5) is 37.7. The fourth-order valence-corrected chi connectivity index (χ4v) is 7.97. The highest BCUT2D eigenvalue weighted by atomic mass is 31.2. The monoisotopic (exact) mass is 922 g/mol. The summed E-state index contributed by atoms with van der Waals surface area (Å²) in [6.07, 6.45) is 55.8. The molecule has 0 saturated heterocycles. The maximum Gasteiger partial charge on any atom is 0.306 e. The van der Waals surface area contributed by atoms with Gasteiger partial charge >= 0.3 is 11.9 Å². The first-order valence-electron chi connectivity index (χ1n) is 26.3. The van der Waals surface area contributed by atoms with E-state index >= 15 is 0 Å². The van der Waals surface area contributed by atoms with Gasteiger partial charge in [-0.25, -0.2) is 0 Å². The largest absolute Gasteiger partial charge is 0.756 e. The zero-order valence-corrected chi connectivity index (χ0v) is 43.1. The molecule has 10 heteroatoms. The number of carbonyl (C=O) groups excluding carboxylic acids is 2. The standard InChI is InChI=1S/C54H100NO8P/c1-6-8-10-12-14-16-18-20-22-24-26-27-29-30-32-34-36-38-40-42-44-46-53(56)60-50-52(51-62-64(58,59)61-49-48-55(3,4)5)63-54(57)47-45-43-41-39-37-35-33-31-28-25-23-21-19-17-15-13-11-9-7-2/h22,24,27,29,32,34,38,40,52H,6-21,23,25-26,28,30-31,33,35-37,39,41-51H2,1-5H3/b24-22+,29-27+,34-32+,40-38+/t52-/m1/s1. The van der Waals surface area contributed by atoms with E-state index in [-0.39, 0.29) is 26.1 Å². The molecule has 9 nitrogen and oxygen atoms in total. The maximum absolute atomic E-state index is 12.7. The minimum atomic E-state index is -4.64. The Morgan fingerprint density at radius 1 is 0.484 bits per heavy atom. The number of nitrogens with zero attached hydrogens (tertiary/aromatic N) is 1. The Bertz CT molecular complexity index is 1230. The molecule has 1 unspecified atom stereocenters. The lowest BCUT2D eigenvalue weighted by molar-refractivity contribution is -0.870. The molecule has 0 aliphatic carbocycles. The molecule has 0 radical (unpaired) electrons. The molecule has 0 amide bonds. The molecule has 0 heterocycles. The van der Waals surface area contributed by atoms with E-state index in [1.807, 2.05) is 21.1 Å². The van der Waals surface area contributed by atoms with Gasteiger partial charge in [0.25, 0.3) is 7.82 Å². The summed E-state index contributed by atoms with van der Waals surface area (Å²) in [6, 6.07) is 0. The van der Waals surface area contributed by atoms with Gasteiger partial charge < -0.3 is 27.9 Å². The van der Waals surface area contributed by atoms with Crippen molar-refractivity contribution in [3.63, 3.8) is 0 Å². The fraction of sp³-hybridized carbons (Fsp3) is 0.815. The normalized spacial score (nSPS) is 13.8. The van der Waals surface area contributed by atoms with Gasteiger partial charge in [0.2, 0.25) is 0 Å². The van der Waals surface area contributed by atoms with Crippen LogP contribution >= 0.6 is 7.82 Å². The van der Waals surface area contributed by atoms with E-state index in [9.17, 15) is 19.0 Å². The van der Waals surface area contributed by atoms with E-state index in [4.69, 9.17) is 18.5 Å². The molecule has 0 rings (SSSR count). The Labute approximate surface area is 394 Å². The maximum atomic E-state index is 12.7. The van der Waals surface area contributed by atoms with Crippen molar-refractivity contribution in [2.45, 2.75) is 238 Å². The van der Waals surface area contributed by atoms with Crippen LogP contribution in [-0.2, 0) is 32.7 Å². The lowest BCUT2D eigenvalue weighted by Crippen LogP contribution is -2.37. The van der Waals surface area contributed by atoms with Crippen molar-refractivity contribution < 1.29 is 42.1 Å². The Hall–Kier alpha value is -2.03. The van der Waals surface area contributed by atoms with Crippen LogP contribution in [0, 0.1) is 0 Å². The number of phosphoric acid groups is 1. The second kappa shape index (κ2) is 46.1. The topological polar surface area (TPSA) is 111 Å². The number of rotatable bonds is 48. The fourth-order valence-electron chi connectivity index (χ4n) is 7.24. The summed E-state index contributed by atoms with van der Waals surface area (Å²) in [5, 5.41) is 0. The third-order valence-corrected chi connectivity index (χ3v) is 12.3. The van der Waals surface area contributed by atoms with Gasteiger partial charge in [0.15, 0.2) is 6.10 Å². The molecule has 0 aliphatic rings. The molecule has 0 spiro atoms. The first kappa shape index (κ1) is 62.0. The van der Waals surface area contributed by atoms with Crippen molar-refractivity contribution >= 4 is 19.8 Å². The Morgan fingerprint density at radius 2 is 0.859 bits per heavy atom. The van der Waals surface area contributed by atoms with Crippen LogP contribution in [0.3, 0.4) is 0 Å². The molecule has 0 aromatic carbocycles. The van der Waals surface area contributed by atoms with Crippen LogP contribution in [-0.4, -0.2) is 70.0 Å². The second-order valence-electron chi connectivity index (χ2n) is 18.9. The zero-order valence-electron chi connectivity index (χ0n) is 42.2. The van der Waals surface area contributed by atoms with Crippen molar-refractivity contribution in [3.05, 3.63) is 48.6 Å². The molecule has 64 heavy (non-hydrogen) atoms. The average molecular weight is 922 g/mol. The van der Waals surface area contributed by atoms with E-state index < -0.39 is 32.5 Å². The summed E-state index contributed by atoms with van der Waals surface area (Å²) >= 11 is 0. The Morgan fingerprint density at radius 3 is 1.30 bits per heavy atom. The van der Waals surface area contributed by atoms with Gasteiger partial charge in [-0.1, -0.05) is 217 Å². The molecule has 0 aromatic heterocycles. The van der Waals surface area contributed by atoms with Gasteiger partial charge in [0.05, 0.1) is 27.7 Å². The Balaban J connectivity index is 4.32. The van der Waals surface area contributed by atoms with E-state index in [0.717, 1.165) is 44.9 Å². The number of hydrogen-bond donors (Lipinski definition) is 0. The summed E-state index contributed by atoms with van der Waals surface area (Å²) in [7, 11) is 1.14. The Kier molecular flexibility index (Phi) is 44.6. The minimum absolute atomic E-state index is 0.0390. The van der Waals surface area contributed by atoms with Crippen LogP contribution < -0.4 is 4.89 Å². The van der Waals surface area contributed by atoms with Crippen molar-refractivity contribution in [1.29, 1.82) is 0 Å². The molecule has 0 saturated carbocycles. The van der Waals surface area contributed by atoms with Gasteiger partial charge in [0.1, 0.15) is 19.8 Å². The van der Waals surface area contributed by atoms with Gasteiger partial charge in [-0.05, 0) is 51.4 Å².